The summed E-state index contributed by atoms with van der Waals surface area (Å²) in [7, 11) is -4.67. The van der Waals surface area contributed by atoms with E-state index < -0.39 is 10.4 Å². The molecule has 6 nitrogen and oxygen atoms in total. The second kappa shape index (κ2) is 9.45. The summed E-state index contributed by atoms with van der Waals surface area (Å²) >= 11 is 1.10. The van der Waals surface area contributed by atoms with Crippen LogP contribution in [-0.4, -0.2) is 57.8 Å². The number of Topliss-reactive ketones (excluding diaryl/α,β-unsaturated/α-hetero) is 1. The topological polar surface area (TPSA) is 101 Å². The van der Waals surface area contributed by atoms with Crippen LogP contribution in [0.3, 0.4) is 0 Å². The molecule has 0 radical (unpaired) electrons. The zero-order chi connectivity index (χ0) is 20.0. The van der Waals surface area contributed by atoms with Gasteiger partial charge in [0.2, 0.25) is 0 Å². The van der Waals surface area contributed by atoms with E-state index in [4.69, 9.17) is 22.3 Å². The summed E-state index contributed by atoms with van der Waals surface area (Å²) in [6, 6.07) is 12.4. The van der Waals surface area contributed by atoms with Crippen LogP contribution in [0.15, 0.2) is 42.5 Å². The van der Waals surface area contributed by atoms with E-state index in [1.54, 1.807) is 12.2 Å². The predicted molar refractivity (Wildman–Crippen MR) is 105 cm³/mol. The summed E-state index contributed by atoms with van der Waals surface area (Å²) in [6.45, 7) is 2.74. The molecular weight excluding hydrogens is 379 g/mol. The Hall–Kier alpha value is -1.74. The molecule has 0 unspecified atom stereocenters. The molecule has 136 valence electrons. The van der Waals surface area contributed by atoms with E-state index in [2.05, 4.69) is 24.3 Å². The van der Waals surface area contributed by atoms with Gasteiger partial charge in [-0.15, -0.1) is 0 Å². The van der Waals surface area contributed by atoms with E-state index in [1.807, 2.05) is 31.2 Å². The second-order valence-corrected chi connectivity index (χ2v) is 8.02. The number of fused-ring (bicyclic) bond motifs is 2. The number of carbonyl (C=O) groups excluding carboxylic acids is 1. The molecule has 0 amide bonds. The Morgan fingerprint density at radius 3 is 2.48 bits per heavy atom. The SMILES string of the molecule is Cc1cccc2c1=CC(=O)C=2.O=S(=O)(O)O.[Na][c]1ccc2c(c1)OCC=C2. The third-order valence-corrected chi connectivity index (χ3v) is 4.37. The van der Waals surface area contributed by atoms with Gasteiger partial charge in [0.15, 0.2) is 5.78 Å². The van der Waals surface area contributed by atoms with Crippen molar-refractivity contribution in [2.45, 2.75) is 6.92 Å². The molecule has 0 atom stereocenters. The number of hydrogen-bond acceptors (Lipinski definition) is 4. The maximum atomic E-state index is 10.9. The van der Waals surface area contributed by atoms with Crippen LogP contribution in [0.25, 0.3) is 18.2 Å². The number of ether oxygens (including phenoxy) is 1. The van der Waals surface area contributed by atoms with Gasteiger partial charge >= 0.3 is 94.2 Å². The van der Waals surface area contributed by atoms with E-state index in [-0.39, 0.29) is 5.78 Å². The van der Waals surface area contributed by atoms with Gasteiger partial charge in [0.25, 0.3) is 0 Å². The minimum atomic E-state index is -4.67. The summed E-state index contributed by atoms with van der Waals surface area (Å²) in [6.07, 6.45) is 7.50. The van der Waals surface area contributed by atoms with Crippen molar-refractivity contribution in [1.29, 1.82) is 0 Å². The van der Waals surface area contributed by atoms with Crippen LogP contribution in [0.4, 0.5) is 0 Å². The number of rotatable bonds is 0. The van der Waals surface area contributed by atoms with Crippen molar-refractivity contribution >= 4 is 65.2 Å². The van der Waals surface area contributed by atoms with Crippen molar-refractivity contribution < 1.29 is 27.1 Å². The summed E-state index contributed by atoms with van der Waals surface area (Å²) in [5, 5.41) is 2.13. The minimum absolute atomic E-state index is 0.106. The molecule has 2 aromatic rings. The van der Waals surface area contributed by atoms with Crippen molar-refractivity contribution in [2.75, 3.05) is 6.61 Å². The number of carbonyl (C=O) groups is 1. The van der Waals surface area contributed by atoms with E-state index >= 15 is 0 Å². The summed E-state index contributed by atoms with van der Waals surface area (Å²) in [5.41, 5.74) is 2.38. The zero-order valence-corrected chi connectivity index (χ0v) is 17.7. The second-order valence-electron chi connectivity index (χ2n) is 5.97. The van der Waals surface area contributed by atoms with Gasteiger partial charge in [-0.25, -0.2) is 0 Å². The van der Waals surface area contributed by atoms with Crippen LogP contribution in [-0.2, 0) is 15.2 Å². The van der Waals surface area contributed by atoms with Gasteiger partial charge in [-0.2, -0.15) is 8.42 Å². The fourth-order valence-corrected chi connectivity index (χ4v) is 3.01. The van der Waals surface area contributed by atoms with Crippen LogP contribution < -0.4 is 18.0 Å². The van der Waals surface area contributed by atoms with E-state index in [1.165, 1.54) is 13.9 Å². The summed E-state index contributed by atoms with van der Waals surface area (Å²) < 4.78 is 38.4. The molecule has 0 spiro atoms. The average Bonchev–Trinajstić information content (AvgIpc) is 2.96. The molecule has 0 aromatic heterocycles. The first-order valence-electron chi connectivity index (χ1n) is 8.06. The first-order valence-corrected chi connectivity index (χ1v) is 10.5. The summed E-state index contributed by atoms with van der Waals surface area (Å²) in [5.74, 6) is 1.15. The average molecular weight is 396 g/mol. The molecule has 0 saturated carbocycles. The van der Waals surface area contributed by atoms with Crippen molar-refractivity contribution in [1.82, 2.24) is 0 Å². The third-order valence-electron chi connectivity index (χ3n) is 3.74. The molecule has 8 heteroatoms. The molecule has 1 heterocycles. The molecule has 27 heavy (non-hydrogen) atoms. The van der Waals surface area contributed by atoms with E-state index in [9.17, 15) is 4.79 Å². The van der Waals surface area contributed by atoms with Crippen LogP contribution in [0.1, 0.15) is 11.1 Å². The molecule has 1 aliphatic heterocycles. The van der Waals surface area contributed by atoms with Gasteiger partial charge in [-0.1, -0.05) is 18.2 Å². The Balaban J connectivity index is 0.000000157. The number of aryl methyl sites for hydroxylation is 1. The van der Waals surface area contributed by atoms with Gasteiger partial charge in [0, 0.05) is 0 Å². The Morgan fingerprint density at radius 2 is 1.81 bits per heavy atom. The van der Waals surface area contributed by atoms with Gasteiger partial charge in [0.05, 0.1) is 0 Å². The zero-order valence-electron chi connectivity index (χ0n) is 14.9. The van der Waals surface area contributed by atoms with Crippen molar-refractivity contribution in [2.24, 2.45) is 0 Å². The van der Waals surface area contributed by atoms with Gasteiger partial charge in [-0.3, -0.25) is 13.9 Å². The molecule has 1 aliphatic carbocycles. The van der Waals surface area contributed by atoms with Gasteiger partial charge in [0.1, 0.15) is 0 Å². The van der Waals surface area contributed by atoms with Crippen LogP contribution in [0, 0.1) is 6.92 Å². The fraction of sp³-hybridized carbons (Fsp3) is 0.105. The maximum absolute atomic E-state index is 10.9. The van der Waals surface area contributed by atoms with Crippen molar-refractivity contribution in [3.63, 3.8) is 0 Å². The molecule has 0 fully saturated rings. The molecule has 0 saturated heterocycles. The quantitative estimate of drug-likeness (QED) is 0.493. The number of ketones is 1. The van der Waals surface area contributed by atoms with Crippen LogP contribution in [0.5, 0.6) is 5.75 Å². The Morgan fingerprint density at radius 1 is 1.11 bits per heavy atom. The normalized spacial score (nSPS) is 13.4. The monoisotopic (exact) mass is 396 g/mol. The first-order chi connectivity index (χ1) is 12.6. The molecular formula is C19H17NaO6S. The molecule has 4 rings (SSSR count). The Bertz CT molecular complexity index is 1100. The van der Waals surface area contributed by atoms with Crippen molar-refractivity contribution in [3.8, 4) is 5.75 Å². The Labute approximate surface area is 174 Å². The standard InChI is InChI=1S/C10H8O.C9H7O.Na.H2O4S/c1-7-3-2-4-8-5-9(11)6-10(7)8;1-2-6-9-8(4-1)5-3-7-10-9;;1-5(2,3)4/h2-6H,1H3;1,3-6H,7H2;;(H2,1,2,3,4). The predicted octanol–water partition coefficient (Wildman–Crippen LogP) is 0.372. The molecule has 2 aliphatic rings. The third kappa shape index (κ3) is 7.42. The molecule has 2 aromatic carbocycles. The van der Waals surface area contributed by atoms with Crippen LogP contribution >= 0.6 is 0 Å². The van der Waals surface area contributed by atoms with Crippen LogP contribution in [0.2, 0.25) is 0 Å². The summed E-state index contributed by atoms with van der Waals surface area (Å²) in [4.78, 5) is 10.9. The van der Waals surface area contributed by atoms with Gasteiger partial charge in [-0.05, 0) is 35.1 Å². The number of hydrogen-bond donors (Lipinski definition) is 2. The van der Waals surface area contributed by atoms with Gasteiger partial charge < -0.3 is 0 Å². The molecule has 0 bridgehead atoms. The molecule has 2 N–H and O–H groups in total. The number of benzene rings is 2. The van der Waals surface area contributed by atoms with Crippen molar-refractivity contribution in [3.05, 3.63) is 64.0 Å². The van der Waals surface area contributed by atoms with E-state index in [0.29, 0.717) is 0 Å². The Kier molecular flexibility index (Phi) is 7.55. The fourth-order valence-electron chi connectivity index (χ4n) is 2.58. The van der Waals surface area contributed by atoms with E-state index in [0.717, 1.165) is 50.7 Å². The first kappa shape index (κ1) is 21.6.